The summed E-state index contributed by atoms with van der Waals surface area (Å²) in [5.74, 6) is 2.07. The van der Waals surface area contributed by atoms with Crippen molar-refractivity contribution in [2.75, 3.05) is 13.1 Å². The fourth-order valence-electron chi connectivity index (χ4n) is 4.00. The first kappa shape index (κ1) is 13.8. The molecule has 2 heterocycles. The maximum absolute atomic E-state index is 12.6. The van der Waals surface area contributed by atoms with Gasteiger partial charge in [0, 0.05) is 24.9 Å². The zero-order valence-corrected chi connectivity index (χ0v) is 12.9. The molecule has 1 aromatic heterocycles. The maximum Gasteiger partial charge on any atom is 0.225 e. The van der Waals surface area contributed by atoms with Crippen molar-refractivity contribution >= 4 is 16.9 Å². The van der Waals surface area contributed by atoms with E-state index >= 15 is 0 Å². The number of para-hydroxylation sites is 2. The molecule has 1 saturated carbocycles. The number of carbonyl (C=O) groups is 1. The predicted octanol–water partition coefficient (Wildman–Crippen LogP) is 3.46. The molecule has 1 aliphatic heterocycles. The molecule has 1 unspecified atom stereocenters. The molecule has 2 aliphatic rings. The van der Waals surface area contributed by atoms with Gasteiger partial charge in [-0.3, -0.25) is 4.79 Å². The number of likely N-dealkylation sites (tertiary alicyclic amines) is 1. The molecule has 22 heavy (non-hydrogen) atoms. The van der Waals surface area contributed by atoms with Crippen LogP contribution in [-0.2, 0) is 4.79 Å². The SMILES string of the molecule is O=C(C1CCCC1)N1CCCC(c2nc3ccccc3[nH]2)C1. The van der Waals surface area contributed by atoms with Gasteiger partial charge in [-0.15, -0.1) is 0 Å². The van der Waals surface area contributed by atoms with Gasteiger partial charge in [-0.1, -0.05) is 25.0 Å². The average molecular weight is 297 g/mol. The van der Waals surface area contributed by atoms with Crippen LogP contribution in [0.4, 0.5) is 0 Å². The van der Waals surface area contributed by atoms with Crippen LogP contribution < -0.4 is 0 Å². The summed E-state index contributed by atoms with van der Waals surface area (Å²) < 4.78 is 0. The highest BCUT2D eigenvalue weighted by atomic mass is 16.2. The van der Waals surface area contributed by atoms with Crippen LogP contribution in [0.15, 0.2) is 24.3 Å². The summed E-state index contributed by atoms with van der Waals surface area (Å²) in [6.07, 6.45) is 6.82. The first-order valence-electron chi connectivity index (χ1n) is 8.55. The van der Waals surface area contributed by atoms with Crippen LogP contribution in [-0.4, -0.2) is 33.9 Å². The number of H-pyrrole nitrogens is 1. The van der Waals surface area contributed by atoms with Crippen molar-refractivity contribution in [3.63, 3.8) is 0 Å². The molecule has 0 radical (unpaired) electrons. The largest absolute Gasteiger partial charge is 0.342 e. The third-order valence-corrected chi connectivity index (χ3v) is 5.23. The number of nitrogens with one attached hydrogen (secondary N) is 1. The summed E-state index contributed by atoms with van der Waals surface area (Å²) in [5.41, 5.74) is 2.12. The number of aromatic nitrogens is 2. The summed E-state index contributed by atoms with van der Waals surface area (Å²) in [6.45, 7) is 1.75. The molecular weight excluding hydrogens is 274 g/mol. The Hall–Kier alpha value is -1.84. The standard InChI is InChI=1S/C18H23N3O/c22-18(13-6-1-2-7-13)21-11-5-8-14(12-21)17-19-15-9-3-4-10-16(15)20-17/h3-4,9-10,13-14H,1-2,5-8,11-12H2,(H,19,20). The Bertz CT molecular complexity index is 639. The van der Waals surface area contributed by atoms with Gasteiger partial charge in [-0.05, 0) is 37.8 Å². The van der Waals surface area contributed by atoms with Crippen LogP contribution in [0.25, 0.3) is 11.0 Å². The molecule has 1 aromatic carbocycles. The van der Waals surface area contributed by atoms with Crippen molar-refractivity contribution in [1.29, 1.82) is 0 Å². The van der Waals surface area contributed by atoms with Gasteiger partial charge in [0.1, 0.15) is 5.82 Å². The molecule has 1 atom stereocenters. The van der Waals surface area contributed by atoms with Crippen molar-refractivity contribution in [1.82, 2.24) is 14.9 Å². The molecule has 0 bridgehead atoms. The zero-order valence-electron chi connectivity index (χ0n) is 12.9. The van der Waals surface area contributed by atoms with Crippen molar-refractivity contribution < 1.29 is 4.79 Å². The van der Waals surface area contributed by atoms with Gasteiger partial charge < -0.3 is 9.88 Å². The molecule has 2 aromatic rings. The lowest BCUT2D eigenvalue weighted by Crippen LogP contribution is -2.42. The summed E-state index contributed by atoms with van der Waals surface area (Å²) >= 11 is 0. The van der Waals surface area contributed by atoms with E-state index in [1.807, 2.05) is 18.2 Å². The summed E-state index contributed by atoms with van der Waals surface area (Å²) in [4.78, 5) is 22.9. The molecule has 4 rings (SSSR count). The van der Waals surface area contributed by atoms with Gasteiger partial charge in [0.15, 0.2) is 0 Å². The molecule has 4 nitrogen and oxygen atoms in total. The average Bonchev–Trinajstić information content (AvgIpc) is 3.23. The van der Waals surface area contributed by atoms with E-state index in [0.29, 0.717) is 11.8 Å². The Morgan fingerprint density at radius 1 is 1.14 bits per heavy atom. The molecule has 1 amide bonds. The number of hydrogen-bond donors (Lipinski definition) is 1. The van der Waals surface area contributed by atoms with E-state index in [1.54, 1.807) is 0 Å². The molecular formula is C18H23N3O. The van der Waals surface area contributed by atoms with Crippen LogP contribution in [0, 0.1) is 5.92 Å². The summed E-state index contributed by atoms with van der Waals surface area (Å²) in [6, 6.07) is 8.15. The maximum atomic E-state index is 12.6. The van der Waals surface area contributed by atoms with E-state index in [-0.39, 0.29) is 5.92 Å². The predicted molar refractivity (Wildman–Crippen MR) is 86.6 cm³/mol. The highest BCUT2D eigenvalue weighted by Crippen LogP contribution is 2.31. The van der Waals surface area contributed by atoms with Gasteiger partial charge in [0.2, 0.25) is 5.91 Å². The topological polar surface area (TPSA) is 49.0 Å². The summed E-state index contributed by atoms with van der Waals surface area (Å²) in [5, 5.41) is 0. The molecule has 1 aliphatic carbocycles. The van der Waals surface area contributed by atoms with Gasteiger partial charge in [0.25, 0.3) is 0 Å². The molecule has 1 saturated heterocycles. The number of rotatable bonds is 2. The quantitative estimate of drug-likeness (QED) is 0.923. The Morgan fingerprint density at radius 3 is 2.77 bits per heavy atom. The lowest BCUT2D eigenvalue weighted by atomic mass is 9.95. The molecule has 2 fully saturated rings. The number of carbonyl (C=O) groups excluding carboxylic acids is 1. The van der Waals surface area contributed by atoms with Crippen molar-refractivity contribution in [2.24, 2.45) is 5.92 Å². The number of hydrogen-bond acceptors (Lipinski definition) is 2. The van der Waals surface area contributed by atoms with Crippen LogP contribution in [0.1, 0.15) is 50.3 Å². The van der Waals surface area contributed by atoms with Gasteiger partial charge in [-0.2, -0.15) is 0 Å². The lowest BCUT2D eigenvalue weighted by molar-refractivity contribution is -0.136. The minimum atomic E-state index is 0.287. The zero-order chi connectivity index (χ0) is 14.9. The third-order valence-electron chi connectivity index (χ3n) is 5.23. The highest BCUT2D eigenvalue weighted by Gasteiger charge is 2.31. The van der Waals surface area contributed by atoms with Crippen LogP contribution in [0.5, 0.6) is 0 Å². The smallest absolute Gasteiger partial charge is 0.225 e. The number of benzene rings is 1. The van der Waals surface area contributed by atoms with Crippen molar-refractivity contribution in [3.05, 3.63) is 30.1 Å². The number of piperidine rings is 1. The molecule has 116 valence electrons. The van der Waals surface area contributed by atoms with Crippen LogP contribution >= 0.6 is 0 Å². The van der Waals surface area contributed by atoms with Gasteiger partial charge >= 0.3 is 0 Å². The van der Waals surface area contributed by atoms with Crippen molar-refractivity contribution in [2.45, 2.75) is 44.4 Å². The number of imidazole rings is 1. The Morgan fingerprint density at radius 2 is 1.95 bits per heavy atom. The Balaban J connectivity index is 1.51. The Kier molecular flexibility index (Phi) is 3.60. The minimum Gasteiger partial charge on any atom is -0.342 e. The number of nitrogens with zero attached hydrogens (tertiary/aromatic N) is 2. The second-order valence-corrected chi connectivity index (χ2v) is 6.74. The van der Waals surface area contributed by atoms with E-state index in [2.05, 4.69) is 16.0 Å². The van der Waals surface area contributed by atoms with E-state index in [1.165, 1.54) is 12.8 Å². The van der Waals surface area contributed by atoms with E-state index in [4.69, 9.17) is 4.98 Å². The fraction of sp³-hybridized carbons (Fsp3) is 0.556. The van der Waals surface area contributed by atoms with Crippen molar-refractivity contribution in [3.8, 4) is 0 Å². The van der Waals surface area contributed by atoms with Gasteiger partial charge in [0.05, 0.1) is 11.0 Å². The summed E-state index contributed by atoms with van der Waals surface area (Å²) in [7, 11) is 0. The van der Waals surface area contributed by atoms with E-state index in [0.717, 1.165) is 55.6 Å². The Labute approximate surface area is 130 Å². The molecule has 0 spiro atoms. The first-order valence-corrected chi connectivity index (χ1v) is 8.55. The number of fused-ring (bicyclic) bond motifs is 1. The number of aromatic amines is 1. The van der Waals surface area contributed by atoms with Crippen LogP contribution in [0.2, 0.25) is 0 Å². The lowest BCUT2D eigenvalue weighted by Gasteiger charge is -2.33. The highest BCUT2D eigenvalue weighted by molar-refractivity contribution is 5.79. The normalized spacial score (nSPS) is 23.3. The second kappa shape index (κ2) is 5.75. The third kappa shape index (κ3) is 2.51. The molecule has 1 N–H and O–H groups in total. The second-order valence-electron chi connectivity index (χ2n) is 6.74. The van der Waals surface area contributed by atoms with E-state index in [9.17, 15) is 4.79 Å². The first-order chi connectivity index (χ1) is 10.8. The minimum absolute atomic E-state index is 0.287. The van der Waals surface area contributed by atoms with Crippen LogP contribution in [0.3, 0.4) is 0 Å². The van der Waals surface area contributed by atoms with E-state index < -0.39 is 0 Å². The monoisotopic (exact) mass is 297 g/mol. The molecule has 4 heteroatoms. The number of amides is 1. The van der Waals surface area contributed by atoms with Gasteiger partial charge in [-0.25, -0.2) is 4.98 Å². The fourth-order valence-corrected chi connectivity index (χ4v) is 4.00.